The number of hydrogen-bond acceptors (Lipinski definition) is 6. The summed E-state index contributed by atoms with van der Waals surface area (Å²) in [7, 11) is -3.70. The first-order valence-corrected chi connectivity index (χ1v) is 9.89. The molecule has 0 saturated carbocycles. The molecule has 26 heavy (non-hydrogen) atoms. The fourth-order valence-electron chi connectivity index (χ4n) is 2.52. The predicted molar refractivity (Wildman–Crippen MR) is 98.2 cm³/mol. The van der Waals surface area contributed by atoms with E-state index in [9.17, 15) is 12.8 Å². The Bertz CT molecular complexity index is 1140. The Labute approximate surface area is 154 Å². The van der Waals surface area contributed by atoms with Gasteiger partial charge in [-0.15, -0.1) is 5.10 Å². The normalized spacial score (nSPS) is 12.7. The van der Waals surface area contributed by atoms with Crippen LogP contribution in [0.4, 0.5) is 10.2 Å². The highest BCUT2D eigenvalue weighted by Crippen LogP contribution is 2.34. The number of sulfone groups is 1. The van der Waals surface area contributed by atoms with E-state index < -0.39 is 21.2 Å². The number of nitrogens with zero attached hydrogens (tertiary/aromatic N) is 4. The molecule has 2 heterocycles. The molecule has 3 rings (SSSR count). The van der Waals surface area contributed by atoms with Gasteiger partial charge in [0.05, 0.1) is 21.6 Å². The minimum atomic E-state index is -3.70. The Hall–Kier alpha value is -2.26. The van der Waals surface area contributed by atoms with Gasteiger partial charge in [-0.1, -0.05) is 11.6 Å². The molecule has 0 radical (unpaired) electrons. The van der Waals surface area contributed by atoms with Crippen molar-refractivity contribution in [2.45, 2.75) is 31.5 Å². The molecule has 3 aromatic rings. The number of aromatic nitrogens is 4. The second kappa shape index (κ2) is 5.88. The van der Waals surface area contributed by atoms with Crippen molar-refractivity contribution in [1.29, 1.82) is 0 Å². The maximum atomic E-state index is 13.5. The molecule has 2 aromatic heterocycles. The van der Waals surface area contributed by atoms with Crippen LogP contribution in [-0.4, -0.2) is 34.4 Å². The molecule has 0 spiro atoms. The predicted octanol–water partition coefficient (Wildman–Crippen LogP) is 3.03. The summed E-state index contributed by atoms with van der Waals surface area (Å²) >= 11 is 5.87. The molecule has 0 bridgehead atoms. The summed E-state index contributed by atoms with van der Waals surface area (Å²) in [5.74, 6) is -0.314. The van der Waals surface area contributed by atoms with Crippen LogP contribution in [0.25, 0.3) is 22.3 Å². The van der Waals surface area contributed by atoms with E-state index in [1.54, 1.807) is 4.68 Å². The average Bonchev–Trinajstić information content (AvgIpc) is 2.86. The Balaban J connectivity index is 2.45. The molecule has 0 atom stereocenters. The van der Waals surface area contributed by atoms with Crippen molar-refractivity contribution in [3.05, 3.63) is 29.0 Å². The van der Waals surface area contributed by atoms with Crippen LogP contribution in [0.1, 0.15) is 20.8 Å². The van der Waals surface area contributed by atoms with Crippen molar-refractivity contribution in [3.63, 3.8) is 0 Å². The lowest BCUT2D eigenvalue weighted by Crippen LogP contribution is -2.24. The first-order valence-electron chi connectivity index (χ1n) is 7.62. The van der Waals surface area contributed by atoms with Crippen molar-refractivity contribution in [2.24, 2.45) is 0 Å². The number of hydrogen-bond donors (Lipinski definition) is 1. The van der Waals surface area contributed by atoms with E-state index in [1.807, 2.05) is 20.8 Å². The molecule has 0 aliphatic rings. The zero-order valence-electron chi connectivity index (χ0n) is 14.6. The Morgan fingerprint density at radius 3 is 2.42 bits per heavy atom. The van der Waals surface area contributed by atoms with Crippen molar-refractivity contribution >= 4 is 38.3 Å². The lowest BCUT2D eigenvalue weighted by Gasteiger charge is -2.20. The Morgan fingerprint density at radius 1 is 1.23 bits per heavy atom. The molecular weight excluding hydrogens is 381 g/mol. The summed E-state index contributed by atoms with van der Waals surface area (Å²) in [6.45, 7) is 5.69. The second-order valence-corrected chi connectivity index (χ2v) is 9.24. The summed E-state index contributed by atoms with van der Waals surface area (Å²) in [5, 5.41) is 4.23. The van der Waals surface area contributed by atoms with Crippen LogP contribution in [0.5, 0.6) is 0 Å². The molecular formula is C16H17ClFN5O2S. The SMILES string of the molecule is CC(C)(C)n1nc2nc(S(C)(=O)=O)nc(-c3ccc(F)c(Cl)c3)c2c1N. The zero-order chi connectivity index (χ0) is 19.4. The smallest absolute Gasteiger partial charge is 0.249 e. The molecule has 0 unspecified atom stereocenters. The lowest BCUT2D eigenvalue weighted by atomic mass is 10.1. The third-order valence-electron chi connectivity index (χ3n) is 3.71. The van der Waals surface area contributed by atoms with Gasteiger partial charge in [0.1, 0.15) is 11.6 Å². The first-order chi connectivity index (χ1) is 11.9. The zero-order valence-corrected chi connectivity index (χ0v) is 16.2. The minimum Gasteiger partial charge on any atom is -0.383 e. The van der Waals surface area contributed by atoms with E-state index in [0.717, 1.165) is 6.26 Å². The van der Waals surface area contributed by atoms with Gasteiger partial charge in [0.15, 0.2) is 5.65 Å². The second-order valence-electron chi connectivity index (χ2n) is 6.92. The van der Waals surface area contributed by atoms with Crippen molar-refractivity contribution in [3.8, 4) is 11.3 Å². The van der Waals surface area contributed by atoms with Crippen LogP contribution in [0.3, 0.4) is 0 Å². The Kier molecular flexibility index (Phi) is 4.19. The molecule has 2 N–H and O–H groups in total. The molecule has 10 heteroatoms. The van der Waals surface area contributed by atoms with Gasteiger partial charge in [-0.3, -0.25) is 0 Å². The number of nitrogen functional groups attached to an aromatic ring is 1. The first kappa shape index (κ1) is 18.5. The lowest BCUT2D eigenvalue weighted by molar-refractivity contribution is 0.364. The van der Waals surface area contributed by atoms with Crippen molar-refractivity contribution in [1.82, 2.24) is 19.7 Å². The van der Waals surface area contributed by atoms with Crippen molar-refractivity contribution < 1.29 is 12.8 Å². The summed E-state index contributed by atoms with van der Waals surface area (Å²) in [6, 6.07) is 3.98. The molecule has 0 aliphatic carbocycles. The van der Waals surface area contributed by atoms with Gasteiger partial charge in [-0.25, -0.2) is 22.5 Å². The van der Waals surface area contributed by atoms with Gasteiger partial charge in [0.2, 0.25) is 15.0 Å². The molecule has 138 valence electrons. The summed E-state index contributed by atoms with van der Waals surface area (Å²) in [5.41, 5.74) is 6.57. The van der Waals surface area contributed by atoms with Crippen LogP contribution in [0.15, 0.2) is 23.4 Å². The van der Waals surface area contributed by atoms with Gasteiger partial charge < -0.3 is 5.73 Å². The van der Waals surface area contributed by atoms with Crippen LogP contribution < -0.4 is 5.73 Å². The van der Waals surface area contributed by atoms with Crippen LogP contribution in [0, 0.1) is 5.82 Å². The highest BCUT2D eigenvalue weighted by molar-refractivity contribution is 7.90. The molecule has 0 amide bonds. The van der Waals surface area contributed by atoms with E-state index in [4.69, 9.17) is 17.3 Å². The number of anilines is 1. The Morgan fingerprint density at radius 2 is 1.88 bits per heavy atom. The van der Waals surface area contributed by atoms with Gasteiger partial charge in [0, 0.05) is 11.8 Å². The minimum absolute atomic E-state index is 0.114. The standard InChI is InChI=1S/C16H17ClFN5O2S/c1-16(2,3)23-13(19)11-12(8-5-6-10(18)9(17)7-8)20-15(26(4,24)25)21-14(11)22-23/h5-7H,19H2,1-4H3. The van der Waals surface area contributed by atoms with E-state index in [2.05, 4.69) is 15.1 Å². The molecule has 1 aromatic carbocycles. The van der Waals surface area contributed by atoms with Gasteiger partial charge in [-0.2, -0.15) is 4.98 Å². The third-order valence-corrected chi connectivity index (χ3v) is 4.84. The van der Waals surface area contributed by atoms with E-state index in [0.29, 0.717) is 10.9 Å². The highest BCUT2D eigenvalue weighted by Gasteiger charge is 2.26. The average molecular weight is 398 g/mol. The monoisotopic (exact) mass is 397 g/mol. The topological polar surface area (TPSA) is 104 Å². The maximum absolute atomic E-state index is 13.5. The number of halogens is 2. The summed E-state index contributed by atoms with van der Waals surface area (Å²) in [4.78, 5) is 8.21. The largest absolute Gasteiger partial charge is 0.383 e. The van der Waals surface area contributed by atoms with Gasteiger partial charge >= 0.3 is 0 Å². The number of benzene rings is 1. The quantitative estimate of drug-likeness (QED) is 0.666. The van der Waals surface area contributed by atoms with E-state index in [-0.39, 0.29) is 27.3 Å². The number of nitrogens with two attached hydrogens (primary N) is 1. The van der Waals surface area contributed by atoms with Gasteiger partial charge in [0.25, 0.3) is 0 Å². The third kappa shape index (κ3) is 3.12. The van der Waals surface area contributed by atoms with Crippen LogP contribution in [0.2, 0.25) is 5.02 Å². The van der Waals surface area contributed by atoms with E-state index in [1.165, 1.54) is 18.2 Å². The fraction of sp³-hybridized carbons (Fsp3) is 0.312. The summed E-state index contributed by atoms with van der Waals surface area (Å²) < 4.78 is 39.1. The fourth-order valence-corrected chi connectivity index (χ4v) is 3.21. The van der Waals surface area contributed by atoms with Crippen molar-refractivity contribution in [2.75, 3.05) is 12.0 Å². The van der Waals surface area contributed by atoms with Crippen LogP contribution in [-0.2, 0) is 15.4 Å². The number of fused-ring (bicyclic) bond motifs is 1. The van der Waals surface area contributed by atoms with Gasteiger partial charge in [-0.05, 0) is 39.0 Å². The molecule has 0 fully saturated rings. The van der Waals surface area contributed by atoms with Crippen LogP contribution >= 0.6 is 11.6 Å². The highest BCUT2D eigenvalue weighted by atomic mass is 35.5. The van der Waals surface area contributed by atoms with E-state index >= 15 is 0 Å². The maximum Gasteiger partial charge on any atom is 0.249 e. The molecule has 7 nitrogen and oxygen atoms in total. The summed E-state index contributed by atoms with van der Waals surface area (Å²) in [6.07, 6.45) is 1.000. The molecule has 0 aliphatic heterocycles. The number of rotatable bonds is 2. The molecule has 0 saturated heterocycles.